The second-order valence-electron chi connectivity index (χ2n) is 12.1. The molecular weight excluding hydrogens is 687 g/mol. The maximum atomic E-state index is 14.4. The zero-order valence-electron chi connectivity index (χ0n) is 28.1. The molecule has 0 spiro atoms. The lowest BCUT2D eigenvalue weighted by atomic mass is 10.0. The van der Waals surface area contributed by atoms with Crippen LogP contribution in [0.5, 0.6) is 5.75 Å². The number of carbonyl (C=O) groups is 3. The molecule has 51 heavy (non-hydrogen) atoms. The number of carbonyl (C=O) groups excluding carboxylic acids is 3. The molecule has 1 heterocycles. The summed E-state index contributed by atoms with van der Waals surface area (Å²) in [5.41, 5.74) is 8.89. The number of methoxy groups -OCH3 is 1. The third kappa shape index (κ3) is 10.7. The van der Waals surface area contributed by atoms with Gasteiger partial charge in [-0.2, -0.15) is 0 Å². The van der Waals surface area contributed by atoms with Crippen molar-refractivity contribution in [1.82, 2.24) is 15.6 Å². The first-order valence-electron chi connectivity index (χ1n) is 16.4. The van der Waals surface area contributed by atoms with Crippen molar-refractivity contribution in [2.24, 2.45) is 11.7 Å². The Kier molecular flexibility index (Phi) is 13.0. The lowest BCUT2D eigenvalue weighted by Crippen LogP contribution is -2.49. The highest BCUT2D eigenvalue weighted by Crippen LogP contribution is 2.49. The zero-order valence-corrected chi connectivity index (χ0v) is 29.8. The van der Waals surface area contributed by atoms with Crippen LogP contribution in [0, 0.1) is 5.92 Å². The summed E-state index contributed by atoms with van der Waals surface area (Å²) in [5, 5.41) is 6.25. The quantitative estimate of drug-likeness (QED) is 0.0585. The fraction of sp³-hybridized carbons (Fsp3) is 0.237. The molecule has 0 saturated carbocycles. The number of hydrogen-bond acceptors (Lipinski definition) is 7. The Balaban J connectivity index is 1.38. The summed E-state index contributed by atoms with van der Waals surface area (Å²) in [5.74, 6) is -3.01. The summed E-state index contributed by atoms with van der Waals surface area (Å²) in [7, 11) is -2.81. The number of amides is 3. The van der Waals surface area contributed by atoms with Gasteiger partial charge in [0.25, 0.3) is 0 Å². The predicted molar refractivity (Wildman–Crippen MR) is 199 cm³/mol. The van der Waals surface area contributed by atoms with Crippen molar-refractivity contribution >= 4 is 47.9 Å². The molecule has 3 amide bonds. The van der Waals surface area contributed by atoms with E-state index >= 15 is 0 Å². The first-order valence-corrected chi connectivity index (χ1v) is 19.3. The molecule has 4 aromatic carbocycles. The average molecular weight is 729 g/mol. The number of rotatable bonds is 17. The van der Waals surface area contributed by atoms with Crippen molar-refractivity contribution in [1.29, 1.82) is 0 Å². The summed E-state index contributed by atoms with van der Waals surface area (Å²) in [6.45, 7) is -0.0341. The molecule has 11 nitrogen and oxygen atoms in total. The number of aromatic nitrogens is 1. The van der Waals surface area contributed by atoms with Gasteiger partial charge in [-0.05, 0) is 41.0 Å². The Morgan fingerprint density at radius 3 is 2.27 bits per heavy atom. The van der Waals surface area contributed by atoms with E-state index in [1.54, 1.807) is 67.9 Å². The van der Waals surface area contributed by atoms with E-state index in [-0.39, 0.29) is 25.2 Å². The van der Waals surface area contributed by atoms with E-state index in [1.165, 1.54) is 11.8 Å². The van der Waals surface area contributed by atoms with E-state index in [4.69, 9.17) is 15.2 Å². The first kappa shape index (κ1) is 37.2. The van der Waals surface area contributed by atoms with Crippen molar-refractivity contribution in [3.8, 4) is 5.75 Å². The normalized spacial score (nSPS) is 14.1. The number of benzene rings is 4. The fourth-order valence-electron chi connectivity index (χ4n) is 5.61. The van der Waals surface area contributed by atoms with Crippen LogP contribution in [-0.4, -0.2) is 58.6 Å². The number of primary amides is 1. The van der Waals surface area contributed by atoms with Crippen molar-refractivity contribution in [2.45, 2.75) is 36.2 Å². The monoisotopic (exact) mass is 728 g/mol. The van der Waals surface area contributed by atoms with Gasteiger partial charge in [-0.15, -0.1) is 11.8 Å². The highest BCUT2D eigenvalue weighted by Gasteiger charge is 2.38. The molecule has 13 heteroatoms. The van der Waals surface area contributed by atoms with Gasteiger partial charge in [-0.25, -0.2) is 4.79 Å². The van der Waals surface area contributed by atoms with E-state index in [9.17, 15) is 23.8 Å². The fourth-order valence-corrected chi connectivity index (χ4v) is 8.80. The molecule has 0 saturated heterocycles. The molecular formula is C38H41N4O7PS. The zero-order chi connectivity index (χ0) is 36.2. The van der Waals surface area contributed by atoms with E-state index in [0.717, 1.165) is 26.9 Å². The van der Waals surface area contributed by atoms with Crippen LogP contribution >= 0.6 is 19.1 Å². The lowest BCUT2D eigenvalue weighted by molar-refractivity contribution is -0.129. The van der Waals surface area contributed by atoms with E-state index in [0.29, 0.717) is 11.3 Å². The number of H-pyrrole nitrogens is 1. The molecule has 1 aromatic heterocycles. The Hall–Kier alpha value is -5.03. The van der Waals surface area contributed by atoms with Crippen molar-refractivity contribution in [3.63, 3.8) is 0 Å². The largest absolute Gasteiger partial charge is 0.497 e. The molecule has 5 aromatic rings. The molecule has 6 N–H and O–H groups in total. The van der Waals surface area contributed by atoms with Crippen LogP contribution in [0.25, 0.3) is 10.9 Å². The molecule has 0 fully saturated rings. The Morgan fingerprint density at radius 2 is 1.57 bits per heavy atom. The third-order valence-corrected chi connectivity index (χ3v) is 11.8. The smallest absolute Gasteiger partial charge is 0.408 e. The molecule has 0 radical (unpaired) electrons. The van der Waals surface area contributed by atoms with Gasteiger partial charge in [0, 0.05) is 46.8 Å². The summed E-state index contributed by atoms with van der Waals surface area (Å²) in [6, 6.07) is 31.7. The molecule has 266 valence electrons. The van der Waals surface area contributed by atoms with Gasteiger partial charge in [-0.3, -0.25) is 14.2 Å². The molecule has 0 bridgehead atoms. The van der Waals surface area contributed by atoms with Gasteiger partial charge in [0.15, 0.2) is 0 Å². The predicted octanol–water partition coefficient (Wildman–Crippen LogP) is 5.86. The van der Waals surface area contributed by atoms with Gasteiger partial charge in [0.05, 0.1) is 13.0 Å². The Morgan fingerprint density at radius 1 is 0.882 bits per heavy atom. The maximum absolute atomic E-state index is 14.4. The number of hydrogen-bond donors (Lipinski definition) is 5. The minimum Gasteiger partial charge on any atom is -0.497 e. The van der Waals surface area contributed by atoms with E-state index in [2.05, 4.69) is 15.6 Å². The SMILES string of the molecule is COc1cccc(SCC(CP(=O)(O)[C@H](Cc2ccccc2)NC(=O)OCc2ccccc2)C(=O)N[C@@H](Cc2c[nH]c3ccccc23)C(N)=O)c1. The van der Waals surface area contributed by atoms with Gasteiger partial charge in [0.2, 0.25) is 19.2 Å². The molecule has 0 aliphatic heterocycles. The van der Waals surface area contributed by atoms with E-state index < -0.39 is 49.2 Å². The van der Waals surface area contributed by atoms with Crippen LogP contribution in [0.2, 0.25) is 0 Å². The summed E-state index contributed by atoms with van der Waals surface area (Å²) in [6.07, 6.45) is 0.528. The third-order valence-electron chi connectivity index (χ3n) is 8.36. The molecule has 5 rings (SSSR count). The second kappa shape index (κ2) is 17.8. The van der Waals surface area contributed by atoms with Crippen LogP contribution < -0.4 is 21.1 Å². The van der Waals surface area contributed by atoms with E-state index in [1.807, 2.05) is 54.6 Å². The number of alkyl carbamates (subject to hydrolysis) is 1. The number of fused-ring (bicyclic) bond motifs is 1. The Bertz CT molecular complexity index is 1980. The van der Waals surface area contributed by atoms with Crippen LogP contribution in [0.4, 0.5) is 4.79 Å². The van der Waals surface area contributed by atoms with Gasteiger partial charge >= 0.3 is 6.09 Å². The average Bonchev–Trinajstić information content (AvgIpc) is 3.55. The number of ether oxygens (including phenoxy) is 2. The summed E-state index contributed by atoms with van der Waals surface area (Å²) in [4.78, 5) is 55.3. The van der Waals surface area contributed by atoms with Crippen LogP contribution in [0.1, 0.15) is 16.7 Å². The highest BCUT2D eigenvalue weighted by molar-refractivity contribution is 7.99. The standard InChI is InChI=1S/C38H41N4O7PS/c1-48-30-15-10-16-31(21-30)51-25-29(37(44)41-34(36(39)43)20-28-22-40-33-18-9-8-17-32(28)33)24-50(46,47)35(19-26-11-4-2-5-12-26)42-38(45)49-23-27-13-6-3-7-14-27/h2-18,21-22,29,34-35,40H,19-20,23-25H2,1H3,(H2,39,43)(H,41,44)(H,42,45)(H,46,47)/t29?,34-,35+/m0/s1. The lowest BCUT2D eigenvalue weighted by Gasteiger charge is -2.28. The number of thioether (sulfide) groups is 1. The van der Waals surface area contributed by atoms with Crippen LogP contribution in [0.15, 0.2) is 120 Å². The number of nitrogens with two attached hydrogens (primary N) is 1. The minimum atomic E-state index is -4.35. The minimum absolute atomic E-state index is 0.0108. The molecule has 0 aliphatic rings. The van der Waals surface area contributed by atoms with Crippen molar-refractivity contribution < 1.29 is 33.3 Å². The first-order chi connectivity index (χ1) is 24.6. The number of para-hydroxylation sites is 1. The van der Waals surface area contributed by atoms with Crippen LogP contribution in [-0.2, 0) is 38.3 Å². The highest BCUT2D eigenvalue weighted by atomic mass is 32.2. The van der Waals surface area contributed by atoms with Gasteiger partial charge < -0.3 is 35.7 Å². The van der Waals surface area contributed by atoms with Gasteiger partial charge in [-0.1, -0.05) is 84.9 Å². The molecule has 2 unspecified atom stereocenters. The van der Waals surface area contributed by atoms with Crippen molar-refractivity contribution in [3.05, 3.63) is 132 Å². The number of aromatic amines is 1. The summed E-state index contributed by atoms with van der Waals surface area (Å²) < 4.78 is 25.1. The van der Waals surface area contributed by atoms with Crippen molar-refractivity contribution in [2.75, 3.05) is 19.0 Å². The maximum Gasteiger partial charge on any atom is 0.408 e. The van der Waals surface area contributed by atoms with Crippen LogP contribution in [0.3, 0.4) is 0 Å². The number of nitrogens with one attached hydrogen (secondary N) is 3. The molecule has 0 aliphatic carbocycles. The van der Waals surface area contributed by atoms with Gasteiger partial charge in [0.1, 0.15) is 24.2 Å². The second-order valence-corrected chi connectivity index (χ2v) is 15.7. The molecule has 4 atom stereocenters. The Labute approximate surface area is 300 Å². The summed E-state index contributed by atoms with van der Waals surface area (Å²) >= 11 is 1.30. The topological polar surface area (TPSA) is 173 Å².